The molecule has 0 bridgehead atoms. The Balaban J connectivity index is 1.70. The second-order valence-corrected chi connectivity index (χ2v) is 9.85. The third-order valence-electron chi connectivity index (χ3n) is 4.32. The summed E-state index contributed by atoms with van der Waals surface area (Å²) in [5, 5.41) is 4.21. The summed E-state index contributed by atoms with van der Waals surface area (Å²) >= 11 is 1.04. The highest BCUT2D eigenvalue weighted by molar-refractivity contribution is 7.93. The molecule has 164 valence electrons. The maximum Gasteiger partial charge on any atom is 0.266 e. The fraction of sp³-hybridized carbons (Fsp3) is 0.200. The maximum absolute atomic E-state index is 14.4. The van der Waals surface area contributed by atoms with Crippen LogP contribution in [0.25, 0.3) is 0 Å². The summed E-state index contributed by atoms with van der Waals surface area (Å²) in [4.78, 5) is 15.5. The molecule has 0 aliphatic heterocycles. The van der Waals surface area contributed by atoms with Gasteiger partial charge in [-0.1, -0.05) is 12.1 Å². The molecule has 3 rings (SSSR count). The van der Waals surface area contributed by atoms with E-state index in [-0.39, 0.29) is 17.2 Å². The molecule has 4 N–H and O–H groups in total. The highest BCUT2D eigenvalue weighted by Gasteiger charge is 2.22. The number of sulfonamides is 1. The van der Waals surface area contributed by atoms with Crippen molar-refractivity contribution < 1.29 is 22.0 Å². The molecule has 0 aliphatic carbocycles. The topological polar surface area (TPSA) is 114 Å². The van der Waals surface area contributed by atoms with Gasteiger partial charge in [0, 0.05) is 34.8 Å². The number of nitrogens with zero attached hydrogens (tertiary/aromatic N) is 1. The molecular weight excluding hydrogens is 446 g/mol. The Labute approximate surface area is 182 Å². The molecule has 0 unspecified atom stereocenters. The summed E-state index contributed by atoms with van der Waals surface area (Å²) in [5.74, 6) is -2.22. The number of thiazole rings is 1. The minimum Gasteiger partial charge on any atom is -0.348 e. The van der Waals surface area contributed by atoms with Gasteiger partial charge in [0.2, 0.25) is 0 Å². The molecule has 31 heavy (non-hydrogen) atoms. The van der Waals surface area contributed by atoms with Crippen LogP contribution in [0.4, 0.5) is 13.9 Å². The smallest absolute Gasteiger partial charge is 0.266 e. The van der Waals surface area contributed by atoms with Crippen LogP contribution < -0.4 is 15.8 Å². The third kappa shape index (κ3) is 5.43. The van der Waals surface area contributed by atoms with Crippen molar-refractivity contribution >= 4 is 32.4 Å². The zero-order valence-corrected chi connectivity index (χ0v) is 18.3. The first kappa shape index (κ1) is 22.8. The first-order valence-corrected chi connectivity index (χ1v) is 11.4. The number of anilines is 1. The van der Waals surface area contributed by atoms with Gasteiger partial charge in [-0.2, -0.15) is 0 Å². The molecule has 0 atom stereocenters. The van der Waals surface area contributed by atoms with Crippen molar-refractivity contribution in [1.82, 2.24) is 10.3 Å². The van der Waals surface area contributed by atoms with E-state index in [1.165, 1.54) is 18.3 Å². The van der Waals surface area contributed by atoms with E-state index in [9.17, 15) is 22.0 Å². The van der Waals surface area contributed by atoms with Crippen LogP contribution in [0.15, 0.2) is 52.9 Å². The Hall–Kier alpha value is -2.89. The quantitative estimate of drug-likeness (QED) is 0.494. The van der Waals surface area contributed by atoms with Crippen LogP contribution in [0.1, 0.15) is 35.3 Å². The van der Waals surface area contributed by atoms with E-state index in [2.05, 4.69) is 15.0 Å². The summed E-state index contributed by atoms with van der Waals surface area (Å²) in [7, 11) is -4.19. The fourth-order valence-corrected chi connectivity index (χ4v) is 4.63. The van der Waals surface area contributed by atoms with Crippen LogP contribution in [0.3, 0.4) is 0 Å². The monoisotopic (exact) mass is 466 g/mol. The van der Waals surface area contributed by atoms with Crippen LogP contribution in [0.2, 0.25) is 0 Å². The predicted molar refractivity (Wildman–Crippen MR) is 114 cm³/mol. The molecule has 11 heteroatoms. The Morgan fingerprint density at radius 3 is 2.48 bits per heavy atom. The standard InChI is InChI=1S/C20H20F2N4O3S2/c1-20(2,23)14-5-3-12(9-15(14)21)11-25-18(27)13-4-6-17(16(22)10-13)31(28,29)26-19-24-7-8-30-19/h3-10H,11,23H2,1-2H3,(H,24,26)(H,25,27). The van der Waals surface area contributed by atoms with E-state index in [0.29, 0.717) is 11.1 Å². The number of hydrogen-bond donors (Lipinski definition) is 3. The predicted octanol–water partition coefficient (Wildman–Crippen LogP) is 3.35. The number of amides is 1. The van der Waals surface area contributed by atoms with Gasteiger partial charge < -0.3 is 11.1 Å². The first-order valence-electron chi connectivity index (χ1n) is 9.05. The van der Waals surface area contributed by atoms with Crippen molar-refractivity contribution in [3.8, 4) is 0 Å². The lowest BCUT2D eigenvalue weighted by Gasteiger charge is -2.20. The van der Waals surface area contributed by atoms with Crippen LogP contribution in [-0.4, -0.2) is 19.3 Å². The van der Waals surface area contributed by atoms with Gasteiger partial charge in [0.15, 0.2) is 5.13 Å². The van der Waals surface area contributed by atoms with Gasteiger partial charge in [-0.25, -0.2) is 22.2 Å². The fourth-order valence-electron chi connectivity index (χ4n) is 2.78. The minimum absolute atomic E-state index is 0.00565. The normalized spacial score (nSPS) is 11.9. The lowest BCUT2D eigenvalue weighted by atomic mass is 9.94. The largest absolute Gasteiger partial charge is 0.348 e. The number of carbonyl (C=O) groups excluding carboxylic acids is 1. The molecule has 1 heterocycles. The molecule has 0 saturated heterocycles. The van der Waals surface area contributed by atoms with E-state index in [1.54, 1.807) is 31.4 Å². The minimum atomic E-state index is -4.19. The van der Waals surface area contributed by atoms with E-state index >= 15 is 0 Å². The SMILES string of the molecule is CC(C)(N)c1ccc(CNC(=O)c2ccc(S(=O)(=O)Nc3nccs3)c(F)c2)cc1F. The number of nitrogens with two attached hydrogens (primary N) is 1. The third-order valence-corrected chi connectivity index (χ3v) is 6.51. The van der Waals surface area contributed by atoms with Gasteiger partial charge >= 0.3 is 0 Å². The Morgan fingerprint density at radius 2 is 1.90 bits per heavy atom. The lowest BCUT2D eigenvalue weighted by Crippen LogP contribution is -2.30. The van der Waals surface area contributed by atoms with Crippen molar-refractivity contribution in [3.63, 3.8) is 0 Å². The average Bonchev–Trinajstić information content (AvgIpc) is 3.17. The molecule has 0 saturated carbocycles. The van der Waals surface area contributed by atoms with E-state index in [1.807, 2.05) is 0 Å². The van der Waals surface area contributed by atoms with Gasteiger partial charge in [-0.15, -0.1) is 11.3 Å². The molecule has 2 aromatic carbocycles. The van der Waals surface area contributed by atoms with Crippen LogP contribution in [0.5, 0.6) is 0 Å². The zero-order valence-electron chi connectivity index (χ0n) is 16.6. The molecular formula is C20H20F2N4O3S2. The van der Waals surface area contributed by atoms with Gasteiger partial charge in [-0.3, -0.25) is 9.52 Å². The number of aromatic nitrogens is 1. The second-order valence-electron chi connectivity index (χ2n) is 7.31. The number of benzene rings is 2. The van der Waals surface area contributed by atoms with Crippen molar-refractivity contribution in [2.24, 2.45) is 5.73 Å². The van der Waals surface area contributed by atoms with Gasteiger partial charge in [-0.05, 0) is 43.7 Å². The molecule has 7 nitrogen and oxygen atoms in total. The molecule has 0 radical (unpaired) electrons. The molecule has 3 aromatic rings. The highest BCUT2D eigenvalue weighted by atomic mass is 32.2. The van der Waals surface area contributed by atoms with Crippen molar-refractivity contribution in [2.45, 2.75) is 30.8 Å². The summed E-state index contributed by atoms with van der Waals surface area (Å²) in [6.45, 7) is 3.35. The Bertz CT molecular complexity index is 1210. The van der Waals surface area contributed by atoms with Crippen molar-refractivity contribution in [1.29, 1.82) is 0 Å². The van der Waals surface area contributed by atoms with Crippen LogP contribution in [-0.2, 0) is 22.1 Å². The summed E-state index contributed by atoms with van der Waals surface area (Å²) in [5.41, 5.74) is 5.81. The Morgan fingerprint density at radius 1 is 1.16 bits per heavy atom. The van der Waals surface area contributed by atoms with Gasteiger partial charge in [0.25, 0.3) is 15.9 Å². The van der Waals surface area contributed by atoms with Crippen LogP contribution in [0, 0.1) is 11.6 Å². The molecule has 1 aromatic heterocycles. The van der Waals surface area contributed by atoms with Crippen molar-refractivity contribution in [2.75, 3.05) is 4.72 Å². The lowest BCUT2D eigenvalue weighted by molar-refractivity contribution is 0.0950. The summed E-state index contributed by atoms with van der Waals surface area (Å²) < 4.78 is 55.4. The second kappa shape index (κ2) is 8.69. The number of hydrogen-bond acceptors (Lipinski definition) is 6. The molecule has 0 aliphatic rings. The molecule has 0 spiro atoms. The number of nitrogens with one attached hydrogen (secondary N) is 2. The number of halogens is 2. The van der Waals surface area contributed by atoms with Crippen LogP contribution >= 0.6 is 11.3 Å². The van der Waals surface area contributed by atoms with E-state index in [4.69, 9.17) is 5.73 Å². The maximum atomic E-state index is 14.4. The Kier molecular flexibility index (Phi) is 6.39. The average molecular weight is 467 g/mol. The molecule has 0 fully saturated rings. The van der Waals surface area contributed by atoms with Gasteiger partial charge in [0.05, 0.1) is 0 Å². The summed E-state index contributed by atoms with van der Waals surface area (Å²) in [6, 6.07) is 7.46. The summed E-state index contributed by atoms with van der Waals surface area (Å²) in [6.07, 6.45) is 1.41. The van der Waals surface area contributed by atoms with Gasteiger partial charge in [0.1, 0.15) is 16.5 Å². The number of rotatable bonds is 7. The van der Waals surface area contributed by atoms with E-state index in [0.717, 1.165) is 23.5 Å². The van der Waals surface area contributed by atoms with E-state index < -0.39 is 38.0 Å². The molecule has 1 amide bonds. The van der Waals surface area contributed by atoms with Crippen molar-refractivity contribution in [3.05, 3.63) is 76.3 Å². The number of carbonyl (C=O) groups is 1. The highest BCUT2D eigenvalue weighted by Crippen LogP contribution is 2.22. The first-order chi connectivity index (χ1) is 14.5. The zero-order chi connectivity index (χ0) is 22.8.